The van der Waals surface area contributed by atoms with Crippen molar-refractivity contribution >= 4 is 5.91 Å². The fourth-order valence-corrected chi connectivity index (χ4v) is 1.23. The van der Waals surface area contributed by atoms with Gasteiger partial charge in [-0.3, -0.25) is 4.79 Å². The van der Waals surface area contributed by atoms with Crippen LogP contribution < -0.4 is 5.32 Å². The molecule has 84 valence electrons. The van der Waals surface area contributed by atoms with Crippen molar-refractivity contribution in [1.82, 2.24) is 5.32 Å². The summed E-state index contributed by atoms with van der Waals surface area (Å²) in [6.07, 6.45) is 0.594. The van der Waals surface area contributed by atoms with E-state index in [1.54, 1.807) is 6.07 Å². The van der Waals surface area contributed by atoms with Crippen molar-refractivity contribution in [1.29, 1.82) is 0 Å². The van der Waals surface area contributed by atoms with Crippen molar-refractivity contribution in [2.75, 3.05) is 6.54 Å². The highest BCUT2D eigenvalue weighted by atomic mass is 19.1. The zero-order chi connectivity index (χ0) is 12.0. The van der Waals surface area contributed by atoms with Gasteiger partial charge >= 0.3 is 0 Å². The van der Waals surface area contributed by atoms with E-state index in [1.165, 1.54) is 19.1 Å². The summed E-state index contributed by atoms with van der Waals surface area (Å²) in [7, 11) is 0. The first-order chi connectivity index (χ1) is 7.59. The molecule has 0 aromatic heterocycles. The van der Waals surface area contributed by atoms with Crippen LogP contribution in [0.3, 0.4) is 0 Å². The number of amides is 1. The summed E-state index contributed by atoms with van der Waals surface area (Å²) in [5.41, 5.74) is 1.65. The van der Waals surface area contributed by atoms with E-state index in [-0.39, 0.29) is 11.7 Å². The van der Waals surface area contributed by atoms with Gasteiger partial charge in [-0.2, -0.15) is 0 Å². The van der Waals surface area contributed by atoms with Crippen LogP contribution in [0.1, 0.15) is 24.5 Å². The molecule has 0 unspecified atom stereocenters. The predicted octanol–water partition coefficient (Wildman–Crippen LogP) is 2.01. The standard InChI is InChI=1S/C13H14FNO/c1-10-9-13(14)7-6-12(10)5-3-4-8-15-11(2)16/h6-7,9H,4,8H2,1-2H3,(H,15,16). The van der Waals surface area contributed by atoms with Gasteiger partial charge in [0.05, 0.1) is 0 Å². The van der Waals surface area contributed by atoms with Gasteiger partial charge in [-0.15, -0.1) is 0 Å². The van der Waals surface area contributed by atoms with Crippen molar-refractivity contribution in [3.05, 3.63) is 35.1 Å². The summed E-state index contributed by atoms with van der Waals surface area (Å²) in [4.78, 5) is 10.6. The molecule has 0 saturated carbocycles. The van der Waals surface area contributed by atoms with Crippen LogP contribution in [0.2, 0.25) is 0 Å². The Hall–Kier alpha value is -1.82. The number of rotatable bonds is 2. The molecule has 0 fully saturated rings. The van der Waals surface area contributed by atoms with E-state index in [0.29, 0.717) is 13.0 Å². The number of carbonyl (C=O) groups is 1. The topological polar surface area (TPSA) is 29.1 Å². The van der Waals surface area contributed by atoms with Crippen LogP contribution in [-0.2, 0) is 4.79 Å². The third kappa shape index (κ3) is 4.14. The molecule has 0 spiro atoms. The minimum atomic E-state index is -0.249. The number of halogens is 1. The van der Waals surface area contributed by atoms with E-state index in [9.17, 15) is 9.18 Å². The first-order valence-electron chi connectivity index (χ1n) is 5.09. The molecule has 2 nitrogen and oxygen atoms in total. The Bertz CT molecular complexity index is 443. The molecule has 0 aliphatic heterocycles. The lowest BCUT2D eigenvalue weighted by Gasteiger charge is -1.97. The zero-order valence-electron chi connectivity index (χ0n) is 9.43. The van der Waals surface area contributed by atoms with Crippen molar-refractivity contribution < 1.29 is 9.18 Å². The molecular weight excluding hydrogens is 205 g/mol. The summed E-state index contributed by atoms with van der Waals surface area (Å²) < 4.78 is 12.8. The summed E-state index contributed by atoms with van der Waals surface area (Å²) >= 11 is 0. The van der Waals surface area contributed by atoms with Gasteiger partial charge in [0.15, 0.2) is 0 Å². The van der Waals surface area contributed by atoms with Gasteiger partial charge < -0.3 is 5.32 Å². The van der Waals surface area contributed by atoms with Crippen LogP contribution in [0.15, 0.2) is 18.2 Å². The average Bonchev–Trinajstić information content (AvgIpc) is 2.20. The Labute approximate surface area is 94.9 Å². The van der Waals surface area contributed by atoms with Gasteiger partial charge in [0.25, 0.3) is 0 Å². The summed E-state index contributed by atoms with van der Waals surface area (Å²) in [6, 6.07) is 4.51. The maximum absolute atomic E-state index is 12.8. The first kappa shape index (κ1) is 12.3. The molecule has 1 N–H and O–H groups in total. The van der Waals surface area contributed by atoms with Crippen LogP contribution >= 0.6 is 0 Å². The van der Waals surface area contributed by atoms with Gasteiger partial charge in [0, 0.05) is 25.5 Å². The monoisotopic (exact) mass is 219 g/mol. The van der Waals surface area contributed by atoms with Gasteiger partial charge in [-0.05, 0) is 30.7 Å². The van der Waals surface area contributed by atoms with E-state index < -0.39 is 0 Å². The Balaban J connectivity index is 2.53. The van der Waals surface area contributed by atoms with Crippen molar-refractivity contribution in [2.45, 2.75) is 20.3 Å². The molecule has 1 amide bonds. The SMILES string of the molecule is CC(=O)NCCC#Cc1ccc(F)cc1C. The lowest BCUT2D eigenvalue weighted by molar-refractivity contribution is -0.118. The van der Waals surface area contributed by atoms with Crippen LogP contribution in [-0.4, -0.2) is 12.5 Å². The van der Waals surface area contributed by atoms with E-state index in [4.69, 9.17) is 0 Å². The number of hydrogen-bond acceptors (Lipinski definition) is 1. The predicted molar refractivity (Wildman–Crippen MR) is 61.3 cm³/mol. The number of benzene rings is 1. The van der Waals surface area contributed by atoms with Crippen LogP contribution in [0.4, 0.5) is 4.39 Å². The molecule has 1 rings (SSSR count). The lowest BCUT2D eigenvalue weighted by atomic mass is 10.1. The Morgan fingerprint density at radius 2 is 2.25 bits per heavy atom. The summed E-state index contributed by atoms with van der Waals surface area (Å²) in [6.45, 7) is 3.83. The molecule has 0 saturated heterocycles. The Kier molecular flexibility index (Phi) is 4.53. The average molecular weight is 219 g/mol. The minimum absolute atomic E-state index is 0.0558. The second kappa shape index (κ2) is 5.92. The van der Waals surface area contributed by atoms with Crippen LogP contribution in [0, 0.1) is 24.6 Å². The summed E-state index contributed by atoms with van der Waals surface area (Å²) in [5, 5.41) is 2.65. The molecule has 1 aromatic carbocycles. The molecule has 0 heterocycles. The lowest BCUT2D eigenvalue weighted by Crippen LogP contribution is -2.20. The molecule has 3 heteroatoms. The van der Waals surface area contributed by atoms with Crippen molar-refractivity contribution in [2.24, 2.45) is 0 Å². The van der Waals surface area contributed by atoms with Gasteiger partial charge in [-0.25, -0.2) is 4.39 Å². The fourth-order valence-electron chi connectivity index (χ4n) is 1.23. The second-order valence-electron chi connectivity index (χ2n) is 3.49. The molecule has 0 atom stereocenters. The maximum atomic E-state index is 12.8. The smallest absolute Gasteiger partial charge is 0.216 e. The first-order valence-corrected chi connectivity index (χ1v) is 5.09. The molecule has 0 bridgehead atoms. The number of aryl methyl sites for hydroxylation is 1. The zero-order valence-corrected chi connectivity index (χ0v) is 9.43. The third-order valence-electron chi connectivity index (χ3n) is 2.04. The van der Waals surface area contributed by atoms with Crippen LogP contribution in [0.25, 0.3) is 0 Å². The number of nitrogens with one attached hydrogen (secondary N) is 1. The number of hydrogen-bond donors (Lipinski definition) is 1. The minimum Gasteiger partial charge on any atom is -0.355 e. The largest absolute Gasteiger partial charge is 0.355 e. The Morgan fingerprint density at radius 3 is 2.88 bits per heavy atom. The number of carbonyl (C=O) groups excluding carboxylic acids is 1. The highest BCUT2D eigenvalue weighted by molar-refractivity contribution is 5.72. The highest BCUT2D eigenvalue weighted by Crippen LogP contribution is 2.08. The van der Waals surface area contributed by atoms with Gasteiger partial charge in [0.1, 0.15) is 5.82 Å². The van der Waals surface area contributed by atoms with E-state index >= 15 is 0 Å². The van der Waals surface area contributed by atoms with Crippen LogP contribution in [0.5, 0.6) is 0 Å². The highest BCUT2D eigenvalue weighted by Gasteiger charge is 1.95. The third-order valence-corrected chi connectivity index (χ3v) is 2.04. The maximum Gasteiger partial charge on any atom is 0.216 e. The molecule has 16 heavy (non-hydrogen) atoms. The Morgan fingerprint density at radius 1 is 1.50 bits per heavy atom. The van der Waals surface area contributed by atoms with Gasteiger partial charge in [-0.1, -0.05) is 11.8 Å². The van der Waals surface area contributed by atoms with E-state index in [1.807, 2.05) is 6.92 Å². The molecule has 0 aliphatic carbocycles. The quantitative estimate of drug-likeness (QED) is 0.598. The second-order valence-corrected chi connectivity index (χ2v) is 3.49. The van der Waals surface area contributed by atoms with E-state index in [2.05, 4.69) is 17.2 Å². The summed E-state index contributed by atoms with van der Waals surface area (Å²) in [5.74, 6) is 5.57. The van der Waals surface area contributed by atoms with Gasteiger partial charge in [0.2, 0.25) is 5.91 Å². The normalized spacial score (nSPS) is 9.19. The van der Waals surface area contributed by atoms with Crippen molar-refractivity contribution in [3.63, 3.8) is 0 Å². The molecule has 1 aromatic rings. The van der Waals surface area contributed by atoms with Crippen molar-refractivity contribution in [3.8, 4) is 11.8 Å². The molecule has 0 radical (unpaired) electrons. The molecular formula is C13H14FNO. The molecule has 0 aliphatic rings. The van der Waals surface area contributed by atoms with E-state index in [0.717, 1.165) is 11.1 Å². The fraction of sp³-hybridized carbons (Fsp3) is 0.308.